The number of H-pyrrole nitrogens is 1. The Balaban J connectivity index is 1.42. The SMILES string of the molecule is Cc1ccccc1COc1ccc(C2CC(=O)Nc3n[nH]c(-c4ccc(Cl)cc4)c32)cc1. The number of halogens is 1. The molecule has 1 aliphatic heterocycles. The van der Waals surface area contributed by atoms with Crippen LogP contribution in [0, 0.1) is 6.92 Å². The molecular weight excluding hydrogens is 422 g/mol. The van der Waals surface area contributed by atoms with E-state index < -0.39 is 0 Å². The van der Waals surface area contributed by atoms with Gasteiger partial charge in [0.05, 0.1) is 5.69 Å². The van der Waals surface area contributed by atoms with E-state index in [2.05, 4.69) is 34.6 Å². The van der Waals surface area contributed by atoms with Gasteiger partial charge in [0, 0.05) is 28.5 Å². The molecule has 0 radical (unpaired) electrons. The van der Waals surface area contributed by atoms with Crippen molar-refractivity contribution in [2.45, 2.75) is 25.9 Å². The summed E-state index contributed by atoms with van der Waals surface area (Å²) >= 11 is 6.05. The lowest BCUT2D eigenvalue weighted by Crippen LogP contribution is -2.23. The van der Waals surface area contributed by atoms with Gasteiger partial charge in [0.25, 0.3) is 0 Å². The molecule has 2 N–H and O–H groups in total. The third-order valence-electron chi connectivity index (χ3n) is 5.87. The largest absolute Gasteiger partial charge is 0.489 e. The van der Waals surface area contributed by atoms with E-state index in [9.17, 15) is 4.79 Å². The van der Waals surface area contributed by atoms with Crippen molar-refractivity contribution < 1.29 is 9.53 Å². The van der Waals surface area contributed by atoms with Gasteiger partial charge in [-0.3, -0.25) is 9.89 Å². The van der Waals surface area contributed by atoms with Crippen molar-refractivity contribution in [1.29, 1.82) is 0 Å². The van der Waals surface area contributed by atoms with Gasteiger partial charge in [0.2, 0.25) is 5.91 Å². The number of aromatic amines is 1. The second kappa shape index (κ2) is 8.52. The number of amides is 1. The van der Waals surface area contributed by atoms with Crippen molar-refractivity contribution in [1.82, 2.24) is 10.2 Å². The first-order valence-corrected chi connectivity index (χ1v) is 10.9. The Morgan fingerprint density at radius 3 is 2.53 bits per heavy atom. The van der Waals surface area contributed by atoms with Crippen LogP contribution in [0.1, 0.15) is 34.6 Å². The molecule has 1 atom stereocenters. The van der Waals surface area contributed by atoms with Gasteiger partial charge in [-0.1, -0.05) is 60.1 Å². The van der Waals surface area contributed by atoms with Gasteiger partial charge >= 0.3 is 0 Å². The van der Waals surface area contributed by atoms with Crippen LogP contribution in [-0.4, -0.2) is 16.1 Å². The molecule has 0 fully saturated rings. The minimum absolute atomic E-state index is 0.0449. The van der Waals surface area contributed by atoms with Crippen LogP contribution in [0.3, 0.4) is 0 Å². The highest BCUT2D eigenvalue weighted by Crippen LogP contribution is 2.42. The summed E-state index contributed by atoms with van der Waals surface area (Å²) in [5, 5.41) is 11.0. The fourth-order valence-corrected chi connectivity index (χ4v) is 4.23. The fraction of sp³-hybridized carbons (Fsp3) is 0.154. The standard InChI is InChI=1S/C26H22ClN3O2/c1-16-4-2-3-5-19(16)15-32-21-12-8-17(9-13-21)22-14-23(31)28-26-24(22)25(29-30-26)18-6-10-20(27)11-7-18/h2-13,22H,14-15H2,1H3,(H2,28,29,30,31). The molecule has 32 heavy (non-hydrogen) atoms. The highest BCUT2D eigenvalue weighted by molar-refractivity contribution is 6.30. The van der Waals surface area contributed by atoms with Crippen molar-refractivity contribution in [2.75, 3.05) is 5.32 Å². The van der Waals surface area contributed by atoms with Crippen LogP contribution in [0.2, 0.25) is 5.02 Å². The van der Waals surface area contributed by atoms with E-state index in [1.54, 1.807) is 0 Å². The molecule has 0 saturated carbocycles. The van der Waals surface area contributed by atoms with Crippen LogP contribution in [-0.2, 0) is 11.4 Å². The quantitative estimate of drug-likeness (QED) is 0.392. The van der Waals surface area contributed by atoms with Crippen molar-refractivity contribution >= 4 is 23.3 Å². The molecule has 5 rings (SSSR count). The molecule has 1 aliphatic rings. The summed E-state index contributed by atoms with van der Waals surface area (Å²) in [5.41, 5.74) is 6.27. The molecule has 5 nitrogen and oxygen atoms in total. The lowest BCUT2D eigenvalue weighted by atomic mass is 9.84. The molecular formula is C26H22ClN3O2. The monoisotopic (exact) mass is 443 g/mol. The summed E-state index contributed by atoms with van der Waals surface area (Å²) in [6.07, 6.45) is 0.358. The first kappa shape index (κ1) is 20.3. The van der Waals surface area contributed by atoms with Crippen LogP contribution < -0.4 is 10.1 Å². The third kappa shape index (κ3) is 3.99. The number of fused-ring (bicyclic) bond motifs is 1. The number of carbonyl (C=O) groups excluding carboxylic acids is 1. The lowest BCUT2D eigenvalue weighted by Gasteiger charge is -2.23. The zero-order valence-electron chi connectivity index (χ0n) is 17.6. The molecule has 0 bridgehead atoms. The predicted molar refractivity (Wildman–Crippen MR) is 126 cm³/mol. The van der Waals surface area contributed by atoms with E-state index in [0.717, 1.165) is 33.7 Å². The number of hydrogen-bond acceptors (Lipinski definition) is 3. The minimum atomic E-state index is -0.103. The van der Waals surface area contributed by atoms with E-state index >= 15 is 0 Å². The smallest absolute Gasteiger partial charge is 0.226 e. The number of aromatic nitrogens is 2. The normalized spacial score (nSPS) is 15.2. The molecule has 3 aromatic carbocycles. The maximum Gasteiger partial charge on any atom is 0.226 e. The number of hydrogen-bond donors (Lipinski definition) is 2. The summed E-state index contributed by atoms with van der Waals surface area (Å²) in [6, 6.07) is 23.8. The molecule has 1 unspecified atom stereocenters. The van der Waals surface area contributed by atoms with Crippen LogP contribution >= 0.6 is 11.6 Å². The molecule has 1 amide bonds. The van der Waals surface area contributed by atoms with Crippen molar-refractivity contribution in [3.05, 3.63) is 100 Å². The number of nitrogens with one attached hydrogen (secondary N) is 2. The summed E-state index contributed by atoms with van der Waals surface area (Å²) in [6.45, 7) is 2.60. The average molecular weight is 444 g/mol. The number of benzene rings is 3. The molecule has 6 heteroatoms. The number of ether oxygens (including phenoxy) is 1. The van der Waals surface area contributed by atoms with E-state index in [0.29, 0.717) is 23.9 Å². The van der Waals surface area contributed by atoms with Crippen LogP contribution in [0.5, 0.6) is 5.75 Å². The molecule has 1 aromatic heterocycles. The first-order chi connectivity index (χ1) is 15.6. The molecule has 0 aliphatic carbocycles. The van der Waals surface area contributed by atoms with E-state index in [4.69, 9.17) is 16.3 Å². The Kier molecular flexibility index (Phi) is 5.41. The van der Waals surface area contributed by atoms with Crippen LogP contribution in [0.4, 0.5) is 5.82 Å². The Morgan fingerprint density at radius 1 is 1.03 bits per heavy atom. The number of nitrogens with zero attached hydrogens (tertiary/aromatic N) is 1. The first-order valence-electron chi connectivity index (χ1n) is 10.5. The van der Waals surface area contributed by atoms with Crippen molar-refractivity contribution in [3.8, 4) is 17.0 Å². The maximum absolute atomic E-state index is 12.4. The van der Waals surface area contributed by atoms with Gasteiger partial charge in [0.15, 0.2) is 5.82 Å². The summed E-state index contributed by atoms with van der Waals surface area (Å²) in [4.78, 5) is 12.4. The zero-order chi connectivity index (χ0) is 22.1. The molecule has 0 spiro atoms. The van der Waals surface area contributed by atoms with Crippen LogP contribution in [0.25, 0.3) is 11.3 Å². The van der Waals surface area contributed by atoms with E-state index in [1.165, 1.54) is 5.56 Å². The third-order valence-corrected chi connectivity index (χ3v) is 6.12. The van der Waals surface area contributed by atoms with Crippen molar-refractivity contribution in [3.63, 3.8) is 0 Å². The molecule has 4 aromatic rings. The summed E-state index contributed by atoms with van der Waals surface area (Å²) in [5.74, 6) is 1.23. The molecule has 160 valence electrons. The van der Waals surface area contributed by atoms with E-state index in [1.807, 2.05) is 60.7 Å². The summed E-state index contributed by atoms with van der Waals surface area (Å²) in [7, 11) is 0. The Labute approximate surface area is 191 Å². The van der Waals surface area contributed by atoms with Crippen LogP contribution in [0.15, 0.2) is 72.8 Å². The second-order valence-electron chi connectivity index (χ2n) is 7.96. The van der Waals surface area contributed by atoms with Crippen molar-refractivity contribution in [2.24, 2.45) is 0 Å². The average Bonchev–Trinajstić information content (AvgIpc) is 3.23. The highest BCUT2D eigenvalue weighted by Gasteiger charge is 2.32. The molecule has 0 saturated heterocycles. The van der Waals surface area contributed by atoms with Gasteiger partial charge in [-0.15, -0.1) is 0 Å². The van der Waals surface area contributed by atoms with Gasteiger partial charge in [0.1, 0.15) is 12.4 Å². The van der Waals surface area contributed by atoms with E-state index in [-0.39, 0.29) is 11.8 Å². The van der Waals surface area contributed by atoms with Gasteiger partial charge in [-0.25, -0.2) is 0 Å². The lowest BCUT2D eigenvalue weighted by molar-refractivity contribution is -0.116. The highest BCUT2D eigenvalue weighted by atomic mass is 35.5. The zero-order valence-corrected chi connectivity index (χ0v) is 18.3. The Hall–Kier alpha value is -3.57. The number of aryl methyl sites for hydroxylation is 1. The van der Waals surface area contributed by atoms with Gasteiger partial charge in [-0.2, -0.15) is 5.10 Å². The number of rotatable bonds is 5. The van der Waals surface area contributed by atoms with Gasteiger partial charge in [-0.05, 0) is 47.9 Å². The van der Waals surface area contributed by atoms with Gasteiger partial charge < -0.3 is 10.1 Å². The topological polar surface area (TPSA) is 67.0 Å². The maximum atomic E-state index is 12.4. The molecule has 2 heterocycles. The predicted octanol–water partition coefficient (Wildman–Crippen LogP) is 6.09. The fourth-order valence-electron chi connectivity index (χ4n) is 4.11. The Morgan fingerprint density at radius 2 is 1.78 bits per heavy atom. The minimum Gasteiger partial charge on any atom is -0.489 e. The second-order valence-corrected chi connectivity index (χ2v) is 8.39. The summed E-state index contributed by atoms with van der Waals surface area (Å²) < 4.78 is 5.98. The Bertz CT molecular complexity index is 1260. The number of carbonyl (C=O) groups is 1. The number of anilines is 1.